The molecule has 0 aliphatic rings. The van der Waals surface area contributed by atoms with Crippen LogP contribution in [0.15, 0.2) is 35.1 Å². The van der Waals surface area contributed by atoms with E-state index in [1.54, 1.807) is 24.3 Å². The minimum atomic E-state index is -4.42. The number of H-pyrrole nitrogens is 1. The molecule has 3 aromatic rings. The predicted octanol–water partition coefficient (Wildman–Crippen LogP) is 3.26. The van der Waals surface area contributed by atoms with Gasteiger partial charge >= 0.3 is 12.1 Å². The molecule has 0 bridgehead atoms. The first-order valence-corrected chi connectivity index (χ1v) is 9.45. The van der Waals surface area contributed by atoms with E-state index in [1.165, 1.54) is 19.9 Å². The minimum Gasteiger partial charge on any atom is -0.457 e. The Bertz CT molecular complexity index is 1190. The summed E-state index contributed by atoms with van der Waals surface area (Å²) in [6.07, 6.45) is -4.44. The number of hydrogen-bond acceptors (Lipinski definition) is 5. The smallest absolute Gasteiger partial charge is 0.406 e. The van der Waals surface area contributed by atoms with Crippen molar-refractivity contribution in [2.75, 3.05) is 6.61 Å². The first-order valence-electron chi connectivity index (χ1n) is 9.45. The van der Waals surface area contributed by atoms with Gasteiger partial charge in [0.1, 0.15) is 12.4 Å². The fourth-order valence-corrected chi connectivity index (χ4v) is 3.28. The number of hydrogen-bond donors (Lipinski definition) is 1. The molecule has 0 saturated carbocycles. The fraction of sp³-hybridized carbons (Fsp3) is 0.333. The summed E-state index contributed by atoms with van der Waals surface area (Å²) in [5, 5.41) is 0.433. The number of aromatic amines is 1. The Labute approximate surface area is 174 Å². The number of para-hydroxylation sites is 1. The first kappa shape index (κ1) is 22.3. The molecule has 164 valence electrons. The van der Waals surface area contributed by atoms with E-state index in [0.717, 1.165) is 4.57 Å². The molecular formula is C21H20F3N3O4. The van der Waals surface area contributed by atoms with Crippen LogP contribution >= 0.6 is 0 Å². The van der Waals surface area contributed by atoms with E-state index >= 15 is 0 Å². The summed E-state index contributed by atoms with van der Waals surface area (Å²) in [5.41, 5.74) is 0.706. The average molecular weight is 435 g/mol. The number of benzene rings is 1. The Morgan fingerprint density at radius 1 is 1.19 bits per heavy atom. The number of nitrogens with one attached hydrogen (secondary N) is 1. The van der Waals surface area contributed by atoms with Crippen molar-refractivity contribution in [3.63, 3.8) is 0 Å². The maximum atomic E-state index is 12.7. The number of esters is 1. The van der Waals surface area contributed by atoms with Crippen LogP contribution in [0.5, 0.6) is 0 Å². The van der Waals surface area contributed by atoms with Gasteiger partial charge in [-0.15, -0.1) is 0 Å². The molecule has 0 fully saturated rings. The molecule has 7 nitrogen and oxygen atoms in total. The molecule has 1 aromatic carbocycles. The van der Waals surface area contributed by atoms with Crippen LogP contribution in [0, 0.1) is 13.8 Å². The zero-order chi connectivity index (χ0) is 22.8. The van der Waals surface area contributed by atoms with E-state index in [9.17, 15) is 27.6 Å². The second kappa shape index (κ2) is 8.75. The Hall–Kier alpha value is -3.43. The monoisotopic (exact) mass is 435 g/mol. The number of alkyl halides is 3. The van der Waals surface area contributed by atoms with Crippen molar-refractivity contribution in [2.24, 2.45) is 0 Å². The molecule has 0 radical (unpaired) electrons. The lowest BCUT2D eigenvalue weighted by molar-refractivity contribution is -0.142. The van der Waals surface area contributed by atoms with Crippen molar-refractivity contribution >= 4 is 22.7 Å². The van der Waals surface area contributed by atoms with Crippen LogP contribution < -0.4 is 5.56 Å². The van der Waals surface area contributed by atoms with Crippen LogP contribution in [0.1, 0.15) is 34.0 Å². The average Bonchev–Trinajstić information content (AvgIpc) is 2.97. The summed E-state index contributed by atoms with van der Waals surface area (Å²) < 4.78 is 44.1. The van der Waals surface area contributed by atoms with Crippen LogP contribution in [0.25, 0.3) is 10.9 Å². The van der Waals surface area contributed by atoms with Gasteiger partial charge in [0.05, 0.1) is 17.3 Å². The van der Waals surface area contributed by atoms with E-state index in [0.29, 0.717) is 16.7 Å². The largest absolute Gasteiger partial charge is 0.457 e. The van der Waals surface area contributed by atoms with Gasteiger partial charge in [-0.2, -0.15) is 13.2 Å². The van der Waals surface area contributed by atoms with Gasteiger partial charge in [0.25, 0.3) is 5.56 Å². The number of halogens is 3. The van der Waals surface area contributed by atoms with Gasteiger partial charge in [-0.1, -0.05) is 12.1 Å². The number of carbonyl (C=O) groups is 2. The molecule has 0 aliphatic heterocycles. The third-order valence-corrected chi connectivity index (χ3v) is 4.80. The number of carbonyl (C=O) groups excluding carboxylic acids is 2. The summed E-state index contributed by atoms with van der Waals surface area (Å²) in [7, 11) is 0. The standard InChI is InChI=1S/C21H20F3N3O4/c1-12-9-15(13(2)27(12)11-21(22,23)24)17(28)10-31-19(29)8-7-18-25-16-6-4-3-5-14(16)20(30)26-18/h3-6,9H,7-8,10-11H2,1-2H3,(H,25,26,30). The van der Waals surface area contributed by atoms with Crippen molar-refractivity contribution in [3.05, 3.63) is 63.5 Å². The van der Waals surface area contributed by atoms with E-state index in [1.807, 2.05) is 0 Å². The summed E-state index contributed by atoms with van der Waals surface area (Å²) in [6.45, 7) is 1.10. The highest BCUT2D eigenvalue weighted by atomic mass is 19.4. The van der Waals surface area contributed by atoms with Crippen LogP contribution in [0.3, 0.4) is 0 Å². The van der Waals surface area contributed by atoms with Gasteiger partial charge in [-0.05, 0) is 32.0 Å². The summed E-state index contributed by atoms with van der Waals surface area (Å²) >= 11 is 0. The van der Waals surface area contributed by atoms with Gasteiger partial charge in [0, 0.05) is 23.4 Å². The normalized spacial score (nSPS) is 11.6. The van der Waals surface area contributed by atoms with Crippen molar-refractivity contribution in [1.29, 1.82) is 0 Å². The molecule has 10 heteroatoms. The number of nitrogens with zero attached hydrogens (tertiary/aromatic N) is 2. The van der Waals surface area contributed by atoms with Crippen molar-refractivity contribution in [2.45, 2.75) is 39.4 Å². The Kier molecular flexibility index (Phi) is 6.28. The third-order valence-electron chi connectivity index (χ3n) is 4.80. The van der Waals surface area contributed by atoms with Gasteiger partial charge < -0.3 is 14.3 Å². The van der Waals surface area contributed by atoms with Gasteiger partial charge in [-0.25, -0.2) is 4.98 Å². The van der Waals surface area contributed by atoms with Gasteiger partial charge in [0.15, 0.2) is 6.61 Å². The molecule has 0 aliphatic carbocycles. The second-order valence-electron chi connectivity index (χ2n) is 7.10. The van der Waals surface area contributed by atoms with Crippen LogP contribution in [0.4, 0.5) is 13.2 Å². The number of fused-ring (bicyclic) bond motifs is 1. The van der Waals surface area contributed by atoms with E-state index in [-0.39, 0.29) is 35.4 Å². The highest BCUT2D eigenvalue weighted by Crippen LogP contribution is 2.23. The van der Waals surface area contributed by atoms with Crippen molar-refractivity contribution < 1.29 is 27.5 Å². The topological polar surface area (TPSA) is 94.1 Å². The highest BCUT2D eigenvalue weighted by Gasteiger charge is 2.30. The number of ether oxygens (including phenoxy) is 1. The van der Waals surface area contributed by atoms with E-state index < -0.39 is 31.1 Å². The lowest BCUT2D eigenvalue weighted by atomic mass is 10.1. The van der Waals surface area contributed by atoms with E-state index in [4.69, 9.17) is 4.74 Å². The Balaban J connectivity index is 1.58. The minimum absolute atomic E-state index is 0.0788. The highest BCUT2D eigenvalue weighted by molar-refractivity contribution is 5.99. The first-order chi connectivity index (χ1) is 14.5. The lowest BCUT2D eigenvalue weighted by Crippen LogP contribution is -2.20. The lowest BCUT2D eigenvalue weighted by Gasteiger charge is -2.12. The predicted molar refractivity (Wildman–Crippen MR) is 106 cm³/mol. The fourth-order valence-electron chi connectivity index (χ4n) is 3.28. The van der Waals surface area contributed by atoms with Gasteiger partial charge in [0.2, 0.25) is 5.78 Å². The van der Waals surface area contributed by atoms with E-state index in [2.05, 4.69) is 9.97 Å². The van der Waals surface area contributed by atoms with Crippen molar-refractivity contribution in [3.8, 4) is 0 Å². The van der Waals surface area contributed by atoms with Crippen LogP contribution in [-0.4, -0.2) is 39.1 Å². The second-order valence-corrected chi connectivity index (χ2v) is 7.10. The number of rotatable bonds is 7. The quantitative estimate of drug-likeness (QED) is 0.454. The molecule has 0 saturated heterocycles. The SMILES string of the molecule is Cc1cc(C(=O)COC(=O)CCc2nc3ccccc3c(=O)[nH]2)c(C)n1CC(F)(F)F. The van der Waals surface area contributed by atoms with Crippen molar-refractivity contribution in [1.82, 2.24) is 14.5 Å². The molecule has 0 atom stereocenters. The Morgan fingerprint density at radius 3 is 2.61 bits per heavy atom. The zero-order valence-corrected chi connectivity index (χ0v) is 16.9. The molecule has 1 N–H and O–H groups in total. The zero-order valence-electron chi connectivity index (χ0n) is 16.9. The number of aryl methyl sites for hydroxylation is 2. The molecule has 0 unspecified atom stereocenters. The number of Topliss-reactive ketones (excluding diaryl/α,β-unsaturated/α-hetero) is 1. The van der Waals surface area contributed by atoms with Crippen LogP contribution in [0.2, 0.25) is 0 Å². The maximum Gasteiger partial charge on any atom is 0.406 e. The molecule has 2 heterocycles. The molecule has 0 amide bonds. The molecule has 2 aromatic heterocycles. The van der Waals surface area contributed by atoms with Crippen LogP contribution in [-0.2, 0) is 22.5 Å². The van der Waals surface area contributed by atoms with Gasteiger partial charge in [-0.3, -0.25) is 14.4 Å². The number of ketones is 1. The molecule has 3 rings (SSSR count). The molecular weight excluding hydrogens is 415 g/mol. The Morgan fingerprint density at radius 2 is 1.90 bits per heavy atom. The summed E-state index contributed by atoms with van der Waals surface area (Å²) in [6, 6.07) is 8.12. The summed E-state index contributed by atoms with van der Waals surface area (Å²) in [5.74, 6) is -0.969. The number of aromatic nitrogens is 3. The molecule has 0 spiro atoms. The molecule has 31 heavy (non-hydrogen) atoms. The maximum absolute atomic E-state index is 12.7. The summed E-state index contributed by atoms with van der Waals surface area (Å²) in [4.78, 5) is 43.2. The third kappa shape index (κ3) is 5.39.